The molecule has 128 valence electrons. The van der Waals surface area contributed by atoms with Gasteiger partial charge in [0.1, 0.15) is 11.5 Å². The lowest BCUT2D eigenvalue weighted by atomic mass is 10.0. The Morgan fingerprint density at radius 2 is 2.04 bits per heavy atom. The Balaban J connectivity index is 1.32. The molecule has 1 saturated heterocycles. The minimum absolute atomic E-state index is 0.0902. The average molecular weight is 348 g/mol. The van der Waals surface area contributed by atoms with Gasteiger partial charge in [-0.3, -0.25) is 4.79 Å². The van der Waals surface area contributed by atoms with Gasteiger partial charge in [0, 0.05) is 25.2 Å². The van der Waals surface area contributed by atoms with Gasteiger partial charge in [-0.25, -0.2) is 4.79 Å². The van der Waals surface area contributed by atoms with Crippen LogP contribution in [-0.4, -0.2) is 55.8 Å². The first-order chi connectivity index (χ1) is 11.7. The fourth-order valence-electron chi connectivity index (χ4n) is 3.16. The zero-order chi connectivity index (χ0) is 16.5. The zero-order valence-electron chi connectivity index (χ0n) is 13.3. The lowest BCUT2D eigenvalue weighted by molar-refractivity contribution is -0.123. The highest BCUT2D eigenvalue weighted by molar-refractivity contribution is 7.12. The Bertz CT molecular complexity index is 755. The van der Waals surface area contributed by atoms with E-state index in [1.54, 1.807) is 6.07 Å². The van der Waals surface area contributed by atoms with Crippen LogP contribution in [-0.2, 0) is 11.3 Å². The third-order valence-electron chi connectivity index (χ3n) is 4.61. The highest BCUT2D eigenvalue weighted by Gasteiger charge is 2.32. The smallest absolute Gasteiger partial charge is 0.352 e. The number of piperidine rings is 1. The maximum atomic E-state index is 12.2. The molecule has 0 spiro atoms. The molecule has 0 unspecified atom stereocenters. The van der Waals surface area contributed by atoms with Gasteiger partial charge in [0.05, 0.1) is 0 Å². The van der Waals surface area contributed by atoms with Crippen molar-refractivity contribution < 1.29 is 4.79 Å². The average Bonchev–Trinajstić information content (AvgIpc) is 3.18. The van der Waals surface area contributed by atoms with Crippen molar-refractivity contribution in [3.8, 4) is 5.00 Å². The summed E-state index contributed by atoms with van der Waals surface area (Å²) >= 11 is 1.40. The molecule has 8 nitrogen and oxygen atoms in total. The van der Waals surface area contributed by atoms with E-state index in [0.717, 1.165) is 36.7 Å². The van der Waals surface area contributed by atoms with Crippen molar-refractivity contribution in [2.45, 2.75) is 44.3 Å². The second-order valence-electron chi connectivity index (χ2n) is 6.39. The number of nitrogens with zero attached hydrogens (tertiary/aromatic N) is 5. The standard InChI is InChI=1S/C15H20N6O2S/c22-13(16-11-5-7-19(8-6-11)12-3-4-12)10-20-15(23)21(18-17-20)14-2-1-9-24-14/h1-2,9,11-12H,3-8,10H2,(H,16,22). The van der Waals surface area contributed by atoms with E-state index in [-0.39, 0.29) is 18.5 Å². The Hall–Kier alpha value is -2.00. The number of likely N-dealkylation sites (tertiary alicyclic amines) is 1. The van der Waals surface area contributed by atoms with Gasteiger partial charge in [0.15, 0.2) is 0 Å². The SMILES string of the molecule is O=C(Cn1nnn(-c2cccs2)c1=O)NC1CCN(C2CC2)CC1. The summed E-state index contributed by atoms with van der Waals surface area (Å²) in [4.78, 5) is 27.0. The van der Waals surface area contributed by atoms with Crippen molar-refractivity contribution >= 4 is 17.2 Å². The molecule has 1 aliphatic heterocycles. The van der Waals surface area contributed by atoms with E-state index in [1.807, 2.05) is 11.4 Å². The Morgan fingerprint density at radius 1 is 1.25 bits per heavy atom. The highest BCUT2D eigenvalue weighted by Crippen LogP contribution is 2.29. The van der Waals surface area contributed by atoms with Crippen LogP contribution in [0.4, 0.5) is 0 Å². The van der Waals surface area contributed by atoms with E-state index in [0.29, 0.717) is 5.00 Å². The molecule has 1 saturated carbocycles. The van der Waals surface area contributed by atoms with Gasteiger partial charge in [-0.15, -0.1) is 11.3 Å². The Morgan fingerprint density at radius 3 is 2.71 bits per heavy atom. The van der Waals surface area contributed by atoms with Crippen LogP contribution in [0.1, 0.15) is 25.7 Å². The monoisotopic (exact) mass is 348 g/mol. The number of thiophene rings is 1. The number of hydrogen-bond acceptors (Lipinski definition) is 6. The second kappa shape index (κ2) is 6.48. The summed E-state index contributed by atoms with van der Waals surface area (Å²) in [5.74, 6) is -0.180. The first kappa shape index (κ1) is 15.5. The van der Waals surface area contributed by atoms with E-state index in [9.17, 15) is 9.59 Å². The molecular formula is C15H20N6O2S. The van der Waals surface area contributed by atoms with Crippen LogP contribution in [0.5, 0.6) is 0 Å². The number of amides is 1. The van der Waals surface area contributed by atoms with Crippen molar-refractivity contribution in [3.05, 3.63) is 28.0 Å². The molecule has 2 aliphatic rings. The largest absolute Gasteiger partial charge is 0.369 e. The van der Waals surface area contributed by atoms with Crippen LogP contribution < -0.4 is 11.0 Å². The number of nitrogens with one attached hydrogen (secondary N) is 1. The van der Waals surface area contributed by atoms with Crippen LogP contribution in [0.3, 0.4) is 0 Å². The zero-order valence-corrected chi connectivity index (χ0v) is 14.1. The van der Waals surface area contributed by atoms with Crippen molar-refractivity contribution in [3.63, 3.8) is 0 Å². The number of hydrogen-bond donors (Lipinski definition) is 1. The highest BCUT2D eigenvalue weighted by atomic mass is 32.1. The number of carbonyl (C=O) groups is 1. The van der Waals surface area contributed by atoms with E-state index < -0.39 is 5.69 Å². The topological polar surface area (TPSA) is 85.0 Å². The molecule has 2 aromatic rings. The van der Waals surface area contributed by atoms with Crippen LogP contribution in [0.15, 0.2) is 22.3 Å². The summed E-state index contributed by atoms with van der Waals surface area (Å²) < 4.78 is 2.32. The van der Waals surface area contributed by atoms with E-state index in [1.165, 1.54) is 28.9 Å². The molecule has 0 radical (unpaired) electrons. The van der Waals surface area contributed by atoms with Gasteiger partial charge in [0.2, 0.25) is 5.91 Å². The molecule has 0 bridgehead atoms. The van der Waals surface area contributed by atoms with Gasteiger partial charge in [-0.1, -0.05) is 0 Å². The summed E-state index contributed by atoms with van der Waals surface area (Å²) in [5.41, 5.74) is -0.392. The van der Waals surface area contributed by atoms with Gasteiger partial charge in [0.25, 0.3) is 0 Å². The fraction of sp³-hybridized carbons (Fsp3) is 0.600. The minimum Gasteiger partial charge on any atom is -0.352 e. The molecule has 2 fully saturated rings. The molecule has 0 aromatic carbocycles. The van der Waals surface area contributed by atoms with Crippen LogP contribution in [0, 0.1) is 0 Å². The molecule has 9 heteroatoms. The van der Waals surface area contributed by atoms with Gasteiger partial charge in [-0.05, 0) is 53.6 Å². The Kier molecular flexibility index (Phi) is 4.19. The molecule has 3 heterocycles. The lowest BCUT2D eigenvalue weighted by Crippen LogP contribution is -2.46. The summed E-state index contributed by atoms with van der Waals surface area (Å²) in [6.45, 7) is 2.00. The third-order valence-corrected chi connectivity index (χ3v) is 5.45. The molecule has 4 rings (SSSR count). The molecule has 1 N–H and O–H groups in total. The van der Waals surface area contributed by atoms with Gasteiger partial charge >= 0.3 is 5.69 Å². The predicted octanol–water partition coefficient (Wildman–Crippen LogP) is 0.234. The molecule has 1 amide bonds. The van der Waals surface area contributed by atoms with E-state index in [2.05, 4.69) is 20.6 Å². The number of tetrazole rings is 1. The molecule has 0 atom stereocenters. The first-order valence-corrected chi connectivity index (χ1v) is 9.19. The maximum Gasteiger partial charge on any atom is 0.369 e. The van der Waals surface area contributed by atoms with Gasteiger partial charge in [-0.2, -0.15) is 9.36 Å². The van der Waals surface area contributed by atoms with Crippen molar-refractivity contribution in [2.24, 2.45) is 0 Å². The van der Waals surface area contributed by atoms with Crippen LogP contribution in [0.2, 0.25) is 0 Å². The summed E-state index contributed by atoms with van der Waals surface area (Å²) in [6, 6.07) is 4.60. The summed E-state index contributed by atoms with van der Waals surface area (Å²) in [5, 5.41) is 13.2. The normalized spacial score (nSPS) is 19.5. The molecule has 2 aromatic heterocycles. The fourth-order valence-corrected chi connectivity index (χ4v) is 3.83. The van der Waals surface area contributed by atoms with E-state index >= 15 is 0 Å². The Labute approximate surface area is 143 Å². The summed E-state index contributed by atoms with van der Waals surface area (Å²) in [6.07, 6.45) is 4.58. The molecular weight excluding hydrogens is 328 g/mol. The number of carbonyl (C=O) groups excluding carboxylic acids is 1. The quantitative estimate of drug-likeness (QED) is 0.836. The molecule has 24 heavy (non-hydrogen) atoms. The lowest BCUT2D eigenvalue weighted by Gasteiger charge is -2.32. The van der Waals surface area contributed by atoms with Crippen LogP contribution in [0.25, 0.3) is 5.00 Å². The first-order valence-electron chi connectivity index (χ1n) is 8.31. The second-order valence-corrected chi connectivity index (χ2v) is 7.32. The summed E-state index contributed by atoms with van der Waals surface area (Å²) in [7, 11) is 0. The number of rotatable bonds is 5. The van der Waals surface area contributed by atoms with Crippen LogP contribution >= 0.6 is 11.3 Å². The predicted molar refractivity (Wildman–Crippen MR) is 89.3 cm³/mol. The number of aromatic nitrogens is 4. The molecule has 1 aliphatic carbocycles. The third kappa shape index (κ3) is 3.27. The van der Waals surface area contributed by atoms with Crippen molar-refractivity contribution in [2.75, 3.05) is 13.1 Å². The van der Waals surface area contributed by atoms with Crippen molar-refractivity contribution in [1.29, 1.82) is 0 Å². The van der Waals surface area contributed by atoms with Gasteiger partial charge < -0.3 is 10.2 Å². The van der Waals surface area contributed by atoms with Crippen molar-refractivity contribution in [1.82, 2.24) is 30.0 Å². The minimum atomic E-state index is -0.392. The maximum absolute atomic E-state index is 12.2. The van der Waals surface area contributed by atoms with E-state index in [4.69, 9.17) is 0 Å².